The minimum absolute atomic E-state index is 0.360. The molecule has 1 radical (unpaired) electrons. The number of benzene rings is 1. The van der Waals surface area contributed by atoms with Crippen molar-refractivity contribution >= 4 is 0 Å². The quantitative estimate of drug-likeness (QED) is 0.780. The smallest absolute Gasteiger partial charge is 0.0195 e. The van der Waals surface area contributed by atoms with E-state index in [4.69, 9.17) is 5.73 Å². The van der Waals surface area contributed by atoms with Crippen LogP contribution >= 0.6 is 0 Å². The third-order valence-electron chi connectivity index (χ3n) is 2.84. The molecule has 15 heavy (non-hydrogen) atoms. The summed E-state index contributed by atoms with van der Waals surface area (Å²) in [4.78, 5) is 0. The van der Waals surface area contributed by atoms with Crippen molar-refractivity contribution in [1.29, 1.82) is 0 Å². The zero-order valence-electron chi connectivity index (χ0n) is 9.87. The zero-order valence-corrected chi connectivity index (χ0v) is 9.87. The van der Waals surface area contributed by atoms with Crippen molar-refractivity contribution in [2.24, 2.45) is 5.73 Å². The van der Waals surface area contributed by atoms with E-state index in [1.165, 1.54) is 18.4 Å². The third-order valence-corrected chi connectivity index (χ3v) is 2.84. The van der Waals surface area contributed by atoms with E-state index in [1.807, 2.05) is 13.0 Å². The number of unbranched alkanes of at least 4 members (excludes halogenated alkanes) is 1. The second-order valence-corrected chi connectivity index (χ2v) is 4.61. The van der Waals surface area contributed by atoms with Crippen molar-refractivity contribution in [2.45, 2.75) is 44.6 Å². The standard InChI is InChI=1S/C14H22N/c1-4-5-11-13(14(2,3)15)12-9-7-6-8-10-12/h6-10,13H,2,4-5,11,15H2,1,3H3. The summed E-state index contributed by atoms with van der Waals surface area (Å²) in [5.41, 5.74) is 7.07. The summed E-state index contributed by atoms with van der Waals surface area (Å²) >= 11 is 0. The van der Waals surface area contributed by atoms with Crippen LogP contribution in [0, 0.1) is 6.92 Å². The largest absolute Gasteiger partial charge is 0.325 e. The van der Waals surface area contributed by atoms with Gasteiger partial charge in [-0.1, -0.05) is 50.1 Å². The van der Waals surface area contributed by atoms with Gasteiger partial charge in [-0.3, -0.25) is 0 Å². The summed E-state index contributed by atoms with van der Waals surface area (Å²) in [6.07, 6.45) is 3.54. The molecule has 0 saturated carbocycles. The summed E-state index contributed by atoms with van der Waals surface area (Å²) in [5.74, 6) is 0.360. The van der Waals surface area contributed by atoms with Gasteiger partial charge in [-0.15, -0.1) is 0 Å². The average molecular weight is 204 g/mol. The van der Waals surface area contributed by atoms with Crippen LogP contribution in [0.15, 0.2) is 30.3 Å². The molecular formula is C14H22N. The van der Waals surface area contributed by atoms with Crippen LogP contribution in [0.2, 0.25) is 0 Å². The van der Waals surface area contributed by atoms with E-state index in [1.54, 1.807) is 0 Å². The van der Waals surface area contributed by atoms with Crippen molar-refractivity contribution in [3.05, 3.63) is 42.8 Å². The lowest BCUT2D eigenvalue weighted by atomic mass is 9.79. The molecule has 2 atom stereocenters. The number of rotatable bonds is 5. The van der Waals surface area contributed by atoms with Crippen LogP contribution in [0.4, 0.5) is 0 Å². The Kier molecular flexibility index (Phi) is 4.34. The molecule has 1 rings (SSSR count). The first-order valence-electron chi connectivity index (χ1n) is 5.75. The number of nitrogens with two attached hydrogens (primary N) is 1. The van der Waals surface area contributed by atoms with Crippen LogP contribution in [-0.2, 0) is 0 Å². The Balaban J connectivity index is 2.82. The van der Waals surface area contributed by atoms with Crippen LogP contribution in [0.1, 0.15) is 44.6 Å². The number of hydrogen-bond donors (Lipinski definition) is 1. The molecule has 0 bridgehead atoms. The highest BCUT2D eigenvalue weighted by Gasteiger charge is 2.25. The molecule has 0 aliphatic rings. The van der Waals surface area contributed by atoms with Gasteiger partial charge in [-0.2, -0.15) is 0 Å². The molecule has 0 aliphatic carbocycles. The predicted molar refractivity (Wildman–Crippen MR) is 66.7 cm³/mol. The molecule has 0 amide bonds. The Bertz CT molecular complexity index is 271. The predicted octanol–water partition coefficient (Wildman–Crippen LogP) is 3.51. The summed E-state index contributed by atoms with van der Waals surface area (Å²) in [5, 5.41) is 0. The summed E-state index contributed by atoms with van der Waals surface area (Å²) in [7, 11) is 0. The van der Waals surface area contributed by atoms with Gasteiger partial charge in [0.2, 0.25) is 0 Å². The van der Waals surface area contributed by atoms with E-state index in [2.05, 4.69) is 38.1 Å². The molecule has 2 N–H and O–H groups in total. The lowest BCUT2D eigenvalue weighted by molar-refractivity contribution is 0.419. The Morgan fingerprint density at radius 1 is 1.33 bits per heavy atom. The van der Waals surface area contributed by atoms with E-state index in [-0.39, 0.29) is 5.54 Å². The van der Waals surface area contributed by atoms with Gasteiger partial charge in [0.25, 0.3) is 0 Å². The van der Waals surface area contributed by atoms with E-state index in [0.717, 1.165) is 6.42 Å². The van der Waals surface area contributed by atoms with Gasteiger partial charge < -0.3 is 5.73 Å². The minimum Gasteiger partial charge on any atom is -0.325 e. The maximum atomic E-state index is 6.14. The van der Waals surface area contributed by atoms with Crippen LogP contribution in [-0.4, -0.2) is 5.54 Å². The lowest BCUT2D eigenvalue weighted by Crippen LogP contribution is -2.39. The molecule has 0 fully saturated rings. The fourth-order valence-electron chi connectivity index (χ4n) is 1.97. The molecule has 0 aromatic heterocycles. The molecule has 1 aromatic carbocycles. The van der Waals surface area contributed by atoms with Gasteiger partial charge >= 0.3 is 0 Å². The maximum absolute atomic E-state index is 6.14. The SMILES string of the molecule is [CH2]C(C)(N)C(CCCC)c1ccccc1. The zero-order chi connectivity index (χ0) is 11.3. The summed E-state index contributed by atoms with van der Waals surface area (Å²) in [6, 6.07) is 10.5. The van der Waals surface area contributed by atoms with E-state index >= 15 is 0 Å². The average Bonchev–Trinajstić information content (AvgIpc) is 2.18. The Hall–Kier alpha value is -0.820. The second-order valence-electron chi connectivity index (χ2n) is 4.61. The third kappa shape index (κ3) is 3.67. The highest BCUT2D eigenvalue weighted by Crippen LogP contribution is 2.30. The van der Waals surface area contributed by atoms with Crippen molar-refractivity contribution in [3.8, 4) is 0 Å². The molecule has 0 saturated heterocycles. The van der Waals surface area contributed by atoms with Gasteiger partial charge in [0, 0.05) is 11.5 Å². The van der Waals surface area contributed by atoms with Crippen molar-refractivity contribution in [3.63, 3.8) is 0 Å². The van der Waals surface area contributed by atoms with Gasteiger partial charge in [0.15, 0.2) is 0 Å². The molecule has 0 heterocycles. The van der Waals surface area contributed by atoms with Crippen LogP contribution < -0.4 is 5.73 Å². The summed E-state index contributed by atoms with van der Waals surface area (Å²) in [6.45, 7) is 8.30. The normalized spacial score (nSPS) is 13.9. The molecule has 2 unspecified atom stereocenters. The van der Waals surface area contributed by atoms with Gasteiger partial charge in [0.05, 0.1) is 0 Å². The molecule has 83 valence electrons. The van der Waals surface area contributed by atoms with E-state index in [0.29, 0.717) is 5.92 Å². The first-order chi connectivity index (χ1) is 7.05. The van der Waals surface area contributed by atoms with Gasteiger partial charge in [0.1, 0.15) is 0 Å². The molecule has 0 aliphatic heterocycles. The highest BCUT2D eigenvalue weighted by molar-refractivity contribution is 5.23. The maximum Gasteiger partial charge on any atom is 0.0195 e. The molecule has 1 heteroatoms. The Morgan fingerprint density at radius 2 is 1.93 bits per heavy atom. The first-order valence-corrected chi connectivity index (χ1v) is 5.75. The van der Waals surface area contributed by atoms with Gasteiger partial charge in [-0.25, -0.2) is 0 Å². The summed E-state index contributed by atoms with van der Waals surface area (Å²) < 4.78 is 0. The molecule has 0 spiro atoms. The first kappa shape index (κ1) is 12.3. The number of hydrogen-bond acceptors (Lipinski definition) is 1. The minimum atomic E-state index is -0.378. The lowest BCUT2D eigenvalue weighted by Gasteiger charge is -2.31. The van der Waals surface area contributed by atoms with Crippen molar-refractivity contribution < 1.29 is 0 Å². The van der Waals surface area contributed by atoms with Crippen molar-refractivity contribution in [1.82, 2.24) is 0 Å². The van der Waals surface area contributed by atoms with Crippen LogP contribution in [0.3, 0.4) is 0 Å². The molecule has 1 aromatic rings. The Morgan fingerprint density at radius 3 is 2.40 bits per heavy atom. The second kappa shape index (κ2) is 5.32. The fraction of sp³-hybridized carbons (Fsp3) is 0.500. The Labute approximate surface area is 93.7 Å². The fourth-order valence-corrected chi connectivity index (χ4v) is 1.97. The molecule has 1 nitrogen and oxygen atoms in total. The monoisotopic (exact) mass is 204 g/mol. The van der Waals surface area contributed by atoms with Crippen LogP contribution in [0.25, 0.3) is 0 Å². The topological polar surface area (TPSA) is 26.0 Å². The highest BCUT2D eigenvalue weighted by atomic mass is 14.7. The van der Waals surface area contributed by atoms with E-state index in [9.17, 15) is 0 Å². The molecular weight excluding hydrogens is 182 g/mol. The van der Waals surface area contributed by atoms with Crippen LogP contribution in [0.5, 0.6) is 0 Å². The van der Waals surface area contributed by atoms with E-state index < -0.39 is 0 Å². The van der Waals surface area contributed by atoms with Gasteiger partial charge in [-0.05, 0) is 25.8 Å². The van der Waals surface area contributed by atoms with Crippen molar-refractivity contribution in [2.75, 3.05) is 0 Å².